The van der Waals surface area contributed by atoms with E-state index in [2.05, 4.69) is 30.7 Å². The van der Waals surface area contributed by atoms with E-state index in [9.17, 15) is 14.7 Å². The predicted molar refractivity (Wildman–Crippen MR) is 133 cm³/mol. The van der Waals surface area contributed by atoms with Crippen molar-refractivity contribution >= 4 is 17.4 Å². The third-order valence-electron chi connectivity index (χ3n) is 5.96. The molecule has 3 heterocycles. The fourth-order valence-corrected chi connectivity index (χ4v) is 4.29. The van der Waals surface area contributed by atoms with Crippen LogP contribution in [0.3, 0.4) is 0 Å². The van der Waals surface area contributed by atoms with Crippen LogP contribution in [-0.4, -0.2) is 38.3 Å². The van der Waals surface area contributed by atoms with Crippen molar-refractivity contribution in [2.45, 2.75) is 45.7 Å². The summed E-state index contributed by atoms with van der Waals surface area (Å²) in [6.07, 6.45) is 4.86. The number of aromatic nitrogens is 2. The van der Waals surface area contributed by atoms with Crippen LogP contribution in [0.15, 0.2) is 72.7 Å². The van der Waals surface area contributed by atoms with Gasteiger partial charge in [-0.3, -0.25) is 19.6 Å². The van der Waals surface area contributed by atoms with Gasteiger partial charge in [0, 0.05) is 29.7 Å². The Morgan fingerprint density at radius 1 is 1.09 bits per heavy atom. The van der Waals surface area contributed by atoms with E-state index in [4.69, 9.17) is 4.74 Å². The maximum absolute atomic E-state index is 13.3. The molecule has 1 fully saturated rings. The molecule has 1 aliphatic heterocycles. The molecule has 0 spiro atoms. The highest BCUT2D eigenvalue weighted by atomic mass is 16.5. The molecule has 7 heteroatoms. The number of carbonyl (C=O) groups excluding carboxylic acids is 2. The number of ether oxygens (including phenoxy) is 1. The highest BCUT2D eigenvalue weighted by Gasteiger charge is 2.46. The highest BCUT2D eigenvalue weighted by molar-refractivity contribution is 6.46. The first kappa shape index (κ1) is 24.1. The molecule has 0 radical (unpaired) electrons. The summed E-state index contributed by atoms with van der Waals surface area (Å²) >= 11 is 0. The Morgan fingerprint density at radius 3 is 2.51 bits per heavy atom. The van der Waals surface area contributed by atoms with Crippen LogP contribution < -0.4 is 4.74 Å². The summed E-state index contributed by atoms with van der Waals surface area (Å²) in [5.41, 5.74) is 2.37. The van der Waals surface area contributed by atoms with Gasteiger partial charge in [-0.05, 0) is 54.3 Å². The fraction of sp³-hybridized carbons (Fsp3) is 0.286. The molecular weight excluding hydrogens is 442 g/mol. The topological polar surface area (TPSA) is 92.6 Å². The summed E-state index contributed by atoms with van der Waals surface area (Å²) in [5, 5.41) is 11.4. The van der Waals surface area contributed by atoms with E-state index in [0.29, 0.717) is 23.4 Å². The second kappa shape index (κ2) is 9.70. The van der Waals surface area contributed by atoms with Crippen LogP contribution in [0, 0.1) is 0 Å². The number of carbonyl (C=O) groups is 2. The maximum Gasteiger partial charge on any atom is 0.296 e. The van der Waals surface area contributed by atoms with E-state index in [1.807, 2.05) is 19.1 Å². The summed E-state index contributed by atoms with van der Waals surface area (Å²) in [6, 6.07) is 13.5. The first-order valence-electron chi connectivity index (χ1n) is 11.6. The summed E-state index contributed by atoms with van der Waals surface area (Å²) < 4.78 is 5.79. The molecule has 4 rings (SSSR count). The lowest BCUT2D eigenvalue weighted by atomic mass is 9.84. The molecule has 3 aromatic rings. The number of nitrogens with zero attached hydrogens (tertiary/aromatic N) is 3. The van der Waals surface area contributed by atoms with Crippen molar-refractivity contribution in [1.82, 2.24) is 14.9 Å². The number of benzene rings is 1. The van der Waals surface area contributed by atoms with Crippen LogP contribution in [0.5, 0.6) is 5.75 Å². The van der Waals surface area contributed by atoms with Crippen LogP contribution in [0.4, 0.5) is 0 Å². The molecule has 0 bridgehead atoms. The van der Waals surface area contributed by atoms with Gasteiger partial charge in [-0.25, -0.2) is 0 Å². The lowest BCUT2D eigenvalue weighted by Gasteiger charge is -2.25. The summed E-state index contributed by atoms with van der Waals surface area (Å²) in [6.45, 7) is 8.70. The molecule has 0 aliphatic carbocycles. The zero-order valence-corrected chi connectivity index (χ0v) is 20.4. The van der Waals surface area contributed by atoms with Gasteiger partial charge in [-0.2, -0.15) is 0 Å². The minimum Gasteiger partial charge on any atom is -0.507 e. The van der Waals surface area contributed by atoms with E-state index < -0.39 is 17.7 Å². The van der Waals surface area contributed by atoms with Crippen molar-refractivity contribution in [1.29, 1.82) is 0 Å². The molecule has 180 valence electrons. The number of ketones is 1. The van der Waals surface area contributed by atoms with Crippen molar-refractivity contribution < 1.29 is 19.4 Å². The molecule has 35 heavy (non-hydrogen) atoms. The third-order valence-corrected chi connectivity index (χ3v) is 5.96. The average molecular weight is 472 g/mol. The van der Waals surface area contributed by atoms with Gasteiger partial charge < -0.3 is 14.7 Å². The molecule has 0 saturated carbocycles. The van der Waals surface area contributed by atoms with Crippen LogP contribution in [0.25, 0.3) is 5.76 Å². The van der Waals surface area contributed by atoms with Crippen LogP contribution >= 0.6 is 0 Å². The van der Waals surface area contributed by atoms with E-state index >= 15 is 0 Å². The van der Waals surface area contributed by atoms with Gasteiger partial charge in [-0.1, -0.05) is 32.9 Å². The SMILES string of the molecule is CCOc1ccc(/C(O)=C2/C(=O)C(=O)N(Cc3ccccn3)C2c2cccnc2)cc1C(C)(C)C. The Kier molecular flexibility index (Phi) is 6.69. The maximum atomic E-state index is 13.3. The number of hydrogen-bond donors (Lipinski definition) is 1. The minimum absolute atomic E-state index is 0.0305. The Balaban J connectivity index is 1.87. The van der Waals surface area contributed by atoms with Crippen molar-refractivity contribution in [3.05, 3.63) is 95.1 Å². The van der Waals surface area contributed by atoms with Gasteiger partial charge in [0.05, 0.1) is 30.5 Å². The molecule has 1 saturated heterocycles. The number of likely N-dealkylation sites (tertiary alicyclic amines) is 1. The van der Waals surface area contributed by atoms with Gasteiger partial charge in [0.15, 0.2) is 0 Å². The molecule has 1 unspecified atom stereocenters. The van der Waals surface area contributed by atoms with E-state index in [1.54, 1.807) is 55.0 Å². The number of hydrogen-bond acceptors (Lipinski definition) is 6. The summed E-state index contributed by atoms with van der Waals surface area (Å²) in [5.74, 6) is -0.934. The normalized spacial score (nSPS) is 17.6. The standard InChI is InChI=1S/C28H29N3O4/c1-5-35-22-12-11-18(15-21(22)28(2,3)4)25(32)23-24(19-9-8-13-29-16-19)31(27(34)26(23)33)17-20-10-6-7-14-30-20/h6-16,24,32H,5,17H2,1-4H3/b25-23-. The molecule has 1 amide bonds. The average Bonchev–Trinajstić information content (AvgIpc) is 3.09. The van der Waals surface area contributed by atoms with Crippen molar-refractivity contribution in [2.75, 3.05) is 6.61 Å². The largest absolute Gasteiger partial charge is 0.507 e. The Morgan fingerprint density at radius 2 is 1.89 bits per heavy atom. The number of aliphatic hydroxyl groups excluding tert-OH is 1. The van der Waals surface area contributed by atoms with E-state index in [1.165, 1.54) is 4.90 Å². The quantitative estimate of drug-likeness (QED) is 0.316. The Labute approximate surface area is 205 Å². The van der Waals surface area contributed by atoms with Crippen LogP contribution in [0.2, 0.25) is 0 Å². The third kappa shape index (κ3) is 4.80. The second-order valence-corrected chi connectivity index (χ2v) is 9.43. The molecule has 1 atom stereocenters. The Bertz CT molecular complexity index is 1260. The van der Waals surface area contributed by atoms with E-state index in [-0.39, 0.29) is 23.3 Å². The number of rotatable bonds is 6. The number of amides is 1. The first-order valence-corrected chi connectivity index (χ1v) is 11.6. The Hall–Kier alpha value is -4.00. The lowest BCUT2D eigenvalue weighted by Crippen LogP contribution is -2.29. The highest BCUT2D eigenvalue weighted by Crippen LogP contribution is 2.41. The second-order valence-electron chi connectivity index (χ2n) is 9.43. The zero-order chi connectivity index (χ0) is 25.2. The van der Waals surface area contributed by atoms with Gasteiger partial charge in [0.1, 0.15) is 11.5 Å². The minimum atomic E-state index is -0.796. The van der Waals surface area contributed by atoms with Crippen molar-refractivity contribution in [2.24, 2.45) is 0 Å². The molecule has 1 N–H and O–H groups in total. The fourth-order valence-electron chi connectivity index (χ4n) is 4.29. The first-order chi connectivity index (χ1) is 16.7. The lowest BCUT2D eigenvalue weighted by molar-refractivity contribution is -0.140. The van der Waals surface area contributed by atoms with E-state index in [0.717, 1.165) is 11.3 Å². The summed E-state index contributed by atoms with van der Waals surface area (Å²) in [7, 11) is 0. The van der Waals surface area contributed by atoms with Gasteiger partial charge in [-0.15, -0.1) is 0 Å². The van der Waals surface area contributed by atoms with Gasteiger partial charge >= 0.3 is 0 Å². The number of aliphatic hydroxyl groups is 1. The molecular formula is C28H29N3O4. The predicted octanol–water partition coefficient (Wildman–Crippen LogP) is 4.79. The number of pyridine rings is 2. The van der Waals surface area contributed by atoms with Gasteiger partial charge in [0.25, 0.3) is 11.7 Å². The zero-order valence-electron chi connectivity index (χ0n) is 20.4. The van der Waals surface area contributed by atoms with Gasteiger partial charge in [0.2, 0.25) is 0 Å². The van der Waals surface area contributed by atoms with Crippen molar-refractivity contribution in [3.8, 4) is 5.75 Å². The molecule has 1 aliphatic rings. The van der Waals surface area contributed by atoms with Crippen LogP contribution in [-0.2, 0) is 21.5 Å². The molecule has 7 nitrogen and oxygen atoms in total. The van der Waals surface area contributed by atoms with Crippen molar-refractivity contribution in [3.63, 3.8) is 0 Å². The van der Waals surface area contributed by atoms with Crippen LogP contribution in [0.1, 0.15) is 56.1 Å². The number of Topliss-reactive ketones (excluding diaryl/α,β-unsaturated/α-hetero) is 1. The monoisotopic (exact) mass is 471 g/mol. The summed E-state index contributed by atoms with van der Waals surface area (Å²) in [4.78, 5) is 36.4. The molecule has 2 aromatic heterocycles. The smallest absolute Gasteiger partial charge is 0.296 e. The molecule has 1 aromatic carbocycles.